The average molecular weight is 498 g/mol. The van der Waals surface area contributed by atoms with Gasteiger partial charge in [0.25, 0.3) is 0 Å². The van der Waals surface area contributed by atoms with Gasteiger partial charge < -0.3 is 27.4 Å². The molecule has 4 amide bonds. The van der Waals surface area contributed by atoms with E-state index in [-0.39, 0.29) is 18.2 Å². The molecule has 9 nitrogen and oxygen atoms in total. The number of hydrogen-bond donors (Lipinski definition) is 5. The van der Waals surface area contributed by atoms with Crippen LogP contribution in [-0.2, 0) is 25.6 Å². The third-order valence-electron chi connectivity index (χ3n) is 5.89. The standard InChI is InChI=1S/C27H39N5O4/c1-17(2)14-23(26(35)31-22(25(29)34)10-6-7-13-28)32-27(36)24(30-18(3)33)16-19-11-12-20-8-4-5-9-21(20)15-19/h4-5,8-9,11-12,15,17,22-24H,6-7,10,13-14,16,28H2,1-3H3,(H2,29,34)(H,30,33)(H,31,35)(H,32,36). The van der Waals surface area contributed by atoms with Gasteiger partial charge in [0.2, 0.25) is 23.6 Å². The minimum Gasteiger partial charge on any atom is -0.368 e. The average Bonchev–Trinajstić information content (AvgIpc) is 2.81. The fourth-order valence-corrected chi connectivity index (χ4v) is 4.08. The fraction of sp³-hybridized carbons (Fsp3) is 0.481. The lowest BCUT2D eigenvalue weighted by atomic mass is 9.99. The Labute approximate surface area is 212 Å². The van der Waals surface area contributed by atoms with Crippen molar-refractivity contribution in [2.45, 2.75) is 71.0 Å². The summed E-state index contributed by atoms with van der Waals surface area (Å²) in [7, 11) is 0. The van der Waals surface area contributed by atoms with Crippen LogP contribution in [0.25, 0.3) is 10.8 Å². The Hall–Kier alpha value is -3.46. The lowest BCUT2D eigenvalue weighted by molar-refractivity contribution is -0.133. The van der Waals surface area contributed by atoms with Crippen molar-refractivity contribution in [1.29, 1.82) is 0 Å². The zero-order chi connectivity index (χ0) is 26.7. The fourth-order valence-electron chi connectivity index (χ4n) is 4.08. The monoisotopic (exact) mass is 497 g/mol. The number of carbonyl (C=O) groups excluding carboxylic acids is 4. The van der Waals surface area contributed by atoms with E-state index in [1.54, 1.807) is 0 Å². The Morgan fingerprint density at radius 1 is 0.833 bits per heavy atom. The number of amides is 4. The molecule has 7 N–H and O–H groups in total. The van der Waals surface area contributed by atoms with Crippen molar-refractivity contribution in [1.82, 2.24) is 16.0 Å². The number of nitrogens with one attached hydrogen (secondary N) is 3. The molecule has 0 aromatic heterocycles. The maximum absolute atomic E-state index is 13.3. The van der Waals surface area contributed by atoms with Crippen LogP contribution in [0, 0.1) is 5.92 Å². The van der Waals surface area contributed by atoms with Crippen LogP contribution in [0.5, 0.6) is 0 Å². The van der Waals surface area contributed by atoms with E-state index in [1.165, 1.54) is 6.92 Å². The zero-order valence-electron chi connectivity index (χ0n) is 21.4. The van der Waals surface area contributed by atoms with Gasteiger partial charge in [0.15, 0.2) is 0 Å². The van der Waals surface area contributed by atoms with Gasteiger partial charge in [0.1, 0.15) is 18.1 Å². The smallest absolute Gasteiger partial charge is 0.243 e. The highest BCUT2D eigenvalue weighted by atomic mass is 16.2. The first kappa shape index (κ1) is 28.8. The van der Waals surface area contributed by atoms with Gasteiger partial charge in [0.05, 0.1) is 0 Å². The summed E-state index contributed by atoms with van der Waals surface area (Å²) >= 11 is 0. The first-order chi connectivity index (χ1) is 17.1. The van der Waals surface area contributed by atoms with Crippen molar-refractivity contribution in [3.8, 4) is 0 Å². The topological polar surface area (TPSA) is 156 Å². The summed E-state index contributed by atoms with van der Waals surface area (Å²) < 4.78 is 0. The Kier molecular flexibility index (Phi) is 11.3. The number of benzene rings is 2. The molecule has 196 valence electrons. The second-order valence-electron chi connectivity index (χ2n) is 9.58. The van der Waals surface area contributed by atoms with Gasteiger partial charge in [-0.1, -0.05) is 56.3 Å². The highest BCUT2D eigenvalue weighted by Crippen LogP contribution is 2.17. The number of nitrogens with two attached hydrogens (primary N) is 2. The van der Waals surface area contributed by atoms with E-state index in [2.05, 4.69) is 16.0 Å². The largest absolute Gasteiger partial charge is 0.368 e. The number of hydrogen-bond acceptors (Lipinski definition) is 5. The summed E-state index contributed by atoms with van der Waals surface area (Å²) in [5.74, 6) is -1.86. The van der Waals surface area contributed by atoms with Crippen LogP contribution in [0.2, 0.25) is 0 Å². The van der Waals surface area contributed by atoms with Crippen molar-refractivity contribution in [2.24, 2.45) is 17.4 Å². The van der Waals surface area contributed by atoms with Crippen LogP contribution in [-0.4, -0.2) is 48.3 Å². The maximum Gasteiger partial charge on any atom is 0.243 e. The molecule has 0 saturated carbocycles. The van der Waals surface area contributed by atoms with Crippen molar-refractivity contribution < 1.29 is 19.2 Å². The Morgan fingerprint density at radius 2 is 1.47 bits per heavy atom. The molecule has 2 rings (SSSR count). The van der Waals surface area contributed by atoms with Crippen molar-refractivity contribution >= 4 is 34.4 Å². The SMILES string of the molecule is CC(=O)NC(Cc1ccc2ccccc2c1)C(=O)NC(CC(C)C)C(=O)NC(CCCCN)C(N)=O. The minimum atomic E-state index is -0.887. The Morgan fingerprint density at radius 3 is 2.08 bits per heavy atom. The molecule has 0 fully saturated rings. The van der Waals surface area contributed by atoms with E-state index in [4.69, 9.17) is 11.5 Å². The number of primary amides is 1. The highest BCUT2D eigenvalue weighted by molar-refractivity contribution is 5.94. The number of carbonyl (C=O) groups is 4. The molecule has 0 aliphatic heterocycles. The predicted molar refractivity (Wildman–Crippen MR) is 141 cm³/mol. The summed E-state index contributed by atoms with van der Waals surface area (Å²) in [6.45, 7) is 5.68. The summed E-state index contributed by atoms with van der Waals surface area (Å²) in [6.07, 6.45) is 2.34. The van der Waals surface area contributed by atoms with Crippen LogP contribution < -0.4 is 27.4 Å². The van der Waals surface area contributed by atoms with E-state index >= 15 is 0 Å². The Bertz CT molecular complexity index is 1060. The second kappa shape index (κ2) is 14.2. The lowest BCUT2D eigenvalue weighted by Gasteiger charge is -2.25. The molecule has 0 radical (unpaired) electrons. The van der Waals surface area contributed by atoms with Crippen LogP contribution in [0.1, 0.15) is 52.0 Å². The van der Waals surface area contributed by atoms with Gasteiger partial charge in [0, 0.05) is 13.3 Å². The first-order valence-corrected chi connectivity index (χ1v) is 12.5. The Balaban J connectivity index is 2.17. The van der Waals surface area contributed by atoms with Gasteiger partial charge in [-0.3, -0.25) is 19.2 Å². The quantitative estimate of drug-likeness (QED) is 0.250. The summed E-state index contributed by atoms with van der Waals surface area (Å²) in [6, 6.07) is 11.1. The summed E-state index contributed by atoms with van der Waals surface area (Å²) in [5, 5.41) is 10.3. The number of fused-ring (bicyclic) bond motifs is 1. The summed E-state index contributed by atoms with van der Waals surface area (Å²) in [5.41, 5.74) is 11.9. The molecule has 2 aromatic carbocycles. The third kappa shape index (κ3) is 9.30. The number of unbranched alkanes of at least 4 members (excludes halogenated alkanes) is 1. The van der Waals surface area contributed by atoms with Crippen molar-refractivity contribution in [3.63, 3.8) is 0 Å². The molecule has 0 heterocycles. The van der Waals surface area contributed by atoms with E-state index in [9.17, 15) is 19.2 Å². The van der Waals surface area contributed by atoms with Crippen molar-refractivity contribution in [2.75, 3.05) is 6.54 Å². The van der Waals surface area contributed by atoms with Crippen LogP contribution >= 0.6 is 0 Å². The zero-order valence-corrected chi connectivity index (χ0v) is 21.4. The van der Waals surface area contributed by atoms with Gasteiger partial charge in [-0.15, -0.1) is 0 Å². The maximum atomic E-state index is 13.3. The van der Waals surface area contributed by atoms with E-state index < -0.39 is 35.8 Å². The molecule has 0 aliphatic rings. The molecule has 3 unspecified atom stereocenters. The summed E-state index contributed by atoms with van der Waals surface area (Å²) in [4.78, 5) is 50.1. The van der Waals surface area contributed by atoms with E-state index in [1.807, 2.05) is 56.3 Å². The molecule has 0 saturated heterocycles. The second-order valence-corrected chi connectivity index (χ2v) is 9.58. The van der Waals surface area contributed by atoms with Gasteiger partial charge >= 0.3 is 0 Å². The van der Waals surface area contributed by atoms with E-state index in [0.717, 1.165) is 16.3 Å². The van der Waals surface area contributed by atoms with E-state index in [0.29, 0.717) is 32.2 Å². The number of rotatable bonds is 14. The minimum absolute atomic E-state index is 0.0880. The van der Waals surface area contributed by atoms with Crippen LogP contribution in [0.3, 0.4) is 0 Å². The van der Waals surface area contributed by atoms with Gasteiger partial charge in [-0.2, -0.15) is 0 Å². The lowest BCUT2D eigenvalue weighted by Crippen LogP contribution is -2.57. The first-order valence-electron chi connectivity index (χ1n) is 12.5. The molecule has 2 aromatic rings. The molecule has 3 atom stereocenters. The van der Waals surface area contributed by atoms with Gasteiger partial charge in [-0.05, 0) is 54.5 Å². The molecule has 0 bridgehead atoms. The molecule has 36 heavy (non-hydrogen) atoms. The normalized spacial score (nSPS) is 13.6. The molecule has 0 spiro atoms. The highest BCUT2D eigenvalue weighted by Gasteiger charge is 2.29. The van der Waals surface area contributed by atoms with Crippen LogP contribution in [0.15, 0.2) is 42.5 Å². The van der Waals surface area contributed by atoms with Crippen LogP contribution in [0.4, 0.5) is 0 Å². The molecular weight excluding hydrogens is 458 g/mol. The predicted octanol–water partition coefficient (Wildman–Crippen LogP) is 1.52. The molecular formula is C27H39N5O4. The van der Waals surface area contributed by atoms with Crippen molar-refractivity contribution in [3.05, 3.63) is 48.0 Å². The molecule has 0 aliphatic carbocycles. The van der Waals surface area contributed by atoms with Gasteiger partial charge in [-0.25, -0.2) is 0 Å². The third-order valence-corrected chi connectivity index (χ3v) is 5.89. The molecule has 9 heteroatoms.